The van der Waals surface area contributed by atoms with E-state index in [1.165, 1.54) is 12.2 Å². The van der Waals surface area contributed by atoms with Crippen LogP contribution in [0.25, 0.3) is 0 Å². The molecule has 3 heteroatoms. The first-order valence-electron chi connectivity index (χ1n) is 2.23. The van der Waals surface area contributed by atoms with Crippen molar-refractivity contribution in [2.24, 2.45) is 5.73 Å². The van der Waals surface area contributed by atoms with Crippen LogP contribution in [0.3, 0.4) is 0 Å². The van der Waals surface area contributed by atoms with Crippen molar-refractivity contribution < 1.29 is 0 Å². The Kier molecular flexibility index (Phi) is 3.57. The van der Waals surface area contributed by atoms with Gasteiger partial charge in [0.05, 0.1) is 11.6 Å². The average Bonchev–Trinajstić information content (AvgIpc) is 1.91. The Morgan fingerprint density at radius 1 is 1.44 bits per heavy atom. The molecule has 0 aromatic carbocycles. The second-order valence-corrected chi connectivity index (χ2v) is 1.20. The molecule has 44 valence electrons. The average molecular weight is 119 g/mol. The van der Waals surface area contributed by atoms with E-state index in [1.54, 1.807) is 12.1 Å². The van der Waals surface area contributed by atoms with Gasteiger partial charge in [-0.2, -0.15) is 10.5 Å². The van der Waals surface area contributed by atoms with Gasteiger partial charge in [-0.15, -0.1) is 0 Å². The minimum absolute atomic E-state index is 0.288. The molecule has 0 aliphatic carbocycles. The number of hydrogen-bond donors (Lipinski definition) is 1. The summed E-state index contributed by atoms with van der Waals surface area (Å²) in [5.41, 5.74) is 5.27. The Labute approximate surface area is 53.3 Å². The van der Waals surface area contributed by atoms with Gasteiger partial charge >= 0.3 is 0 Å². The largest absolute Gasteiger partial charge is 0.404 e. The van der Waals surface area contributed by atoms with E-state index in [0.29, 0.717) is 0 Å². The second-order valence-electron chi connectivity index (χ2n) is 1.20. The molecule has 3 nitrogen and oxygen atoms in total. The zero-order valence-corrected chi connectivity index (χ0v) is 4.70. The van der Waals surface area contributed by atoms with E-state index < -0.39 is 0 Å². The maximum absolute atomic E-state index is 8.19. The van der Waals surface area contributed by atoms with Gasteiger partial charge in [0.2, 0.25) is 0 Å². The topological polar surface area (TPSA) is 73.6 Å². The fourth-order valence-electron chi connectivity index (χ4n) is 0.257. The molecule has 0 aromatic heterocycles. The van der Waals surface area contributed by atoms with Crippen molar-refractivity contribution >= 4 is 0 Å². The molecule has 0 fully saturated rings. The Balaban J connectivity index is 4.10. The summed E-state index contributed by atoms with van der Waals surface area (Å²) in [6.07, 6.45) is 3.69. The predicted molar refractivity (Wildman–Crippen MR) is 32.6 cm³/mol. The first-order valence-corrected chi connectivity index (χ1v) is 2.23. The Morgan fingerprint density at radius 3 is 2.44 bits per heavy atom. The SMILES string of the molecule is N#CC=CC(C#N)=CN. The summed E-state index contributed by atoms with van der Waals surface area (Å²) in [5.74, 6) is 0. The molecule has 0 bridgehead atoms. The number of nitrogens with zero attached hydrogens (tertiary/aromatic N) is 2. The summed E-state index contributed by atoms with van der Waals surface area (Å²) < 4.78 is 0. The van der Waals surface area contributed by atoms with Crippen LogP contribution in [0.5, 0.6) is 0 Å². The van der Waals surface area contributed by atoms with E-state index >= 15 is 0 Å². The molecule has 0 amide bonds. The van der Waals surface area contributed by atoms with Crippen molar-refractivity contribution in [3.63, 3.8) is 0 Å². The minimum atomic E-state index is 0.288. The van der Waals surface area contributed by atoms with Crippen LogP contribution in [-0.2, 0) is 0 Å². The van der Waals surface area contributed by atoms with Gasteiger partial charge in [0.15, 0.2) is 0 Å². The van der Waals surface area contributed by atoms with Gasteiger partial charge in [-0.05, 0) is 6.08 Å². The highest BCUT2D eigenvalue weighted by molar-refractivity contribution is 5.33. The molecular formula is C6H5N3. The highest BCUT2D eigenvalue weighted by Crippen LogP contribution is 1.88. The quantitative estimate of drug-likeness (QED) is 0.402. The molecule has 0 atom stereocenters. The standard InChI is InChI=1S/C6H5N3/c7-3-1-2-6(4-8)5-9/h1-2,4H,8H2. The predicted octanol–water partition coefficient (Wildman–Crippen LogP) is 0.432. The third-order valence-corrected chi connectivity index (χ3v) is 0.646. The Morgan fingerprint density at radius 2 is 2.11 bits per heavy atom. The highest BCUT2D eigenvalue weighted by Gasteiger charge is 1.81. The molecule has 0 heterocycles. The smallest absolute Gasteiger partial charge is 0.101 e. The van der Waals surface area contributed by atoms with Gasteiger partial charge in [0.1, 0.15) is 6.07 Å². The first kappa shape index (κ1) is 7.26. The molecule has 0 aliphatic heterocycles. The summed E-state index contributed by atoms with van der Waals surface area (Å²) in [6, 6.07) is 3.52. The van der Waals surface area contributed by atoms with Gasteiger partial charge in [0.25, 0.3) is 0 Å². The molecule has 0 rings (SSSR count). The normalized spacial score (nSPS) is 10.7. The number of hydrogen-bond acceptors (Lipinski definition) is 3. The van der Waals surface area contributed by atoms with E-state index in [9.17, 15) is 0 Å². The molecule has 0 radical (unpaired) electrons. The van der Waals surface area contributed by atoms with E-state index in [2.05, 4.69) is 0 Å². The lowest BCUT2D eigenvalue weighted by Crippen LogP contribution is -1.81. The summed E-state index contributed by atoms with van der Waals surface area (Å²) in [5, 5.41) is 16.2. The van der Waals surface area contributed by atoms with Crippen LogP contribution in [0.4, 0.5) is 0 Å². The minimum Gasteiger partial charge on any atom is -0.404 e. The van der Waals surface area contributed by atoms with Crippen molar-refractivity contribution in [2.45, 2.75) is 0 Å². The Hall–Kier alpha value is -1.74. The summed E-state index contributed by atoms with van der Waals surface area (Å²) in [7, 11) is 0. The van der Waals surface area contributed by atoms with Crippen molar-refractivity contribution in [3.8, 4) is 12.1 Å². The molecule has 0 aliphatic rings. The van der Waals surface area contributed by atoms with E-state index in [1.807, 2.05) is 0 Å². The van der Waals surface area contributed by atoms with Gasteiger partial charge in [-0.25, -0.2) is 0 Å². The van der Waals surface area contributed by atoms with Crippen molar-refractivity contribution in [2.75, 3.05) is 0 Å². The third kappa shape index (κ3) is 2.90. The van der Waals surface area contributed by atoms with Crippen LogP contribution in [0.1, 0.15) is 0 Å². The third-order valence-electron chi connectivity index (χ3n) is 0.646. The zero-order chi connectivity index (χ0) is 7.11. The number of rotatable bonds is 1. The van der Waals surface area contributed by atoms with Crippen LogP contribution < -0.4 is 5.73 Å². The van der Waals surface area contributed by atoms with Crippen molar-refractivity contribution in [1.29, 1.82) is 10.5 Å². The van der Waals surface area contributed by atoms with Crippen LogP contribution >= 0.6 is 0 Å². The lowest BCUT2D eigenvalue weighted by molar-refractivity contribution is 1.46. The summed E-state index contributed by atoms with van der Waals surface area (Å²) in [4.78, 5) is 0. The molecule has 0 spiro atoms. The van der Waals surface area contributed by atoms with Gasteiger partial charge < -0.3 is 5.73 Å². The summed E-state index contributed by atoms with van der Waals surface area (Å²) in [6.45, 7) is 0. The van der Waals surface area contributed by atoms with E-state index in [4.69, 9.17) is 16.3 Å². The number of allylic oxidation sites excluding steroid dienone is 3. The number of nitriles is 2. The van der Waals surface area contributed by atoms with Crippen molar-refractivity contribution in [3.05, 3.63) is 23.9 Å². The molecular weight excluding hydrogens is 114 g/mol. The van der Waals surface area contributed by atoms with E-state index in [0.717, 1.165) is 6.20 Å². The maximum Gasteiger partial charge on any atom is 0.101 e. The molecule has 0 unspecified atom stereocenters. The highest BCUT2D eigenvalue weighted by atomic mass is 14.5. The van der Waals surface area contributed by atoms with Gasteiger partial charge in [0, 0.05) is 12.3 Å². The molecule has 0 saturated heterocycles. The summed E-state index contributed by atoms with van der Waals surface area (Å²) >= 11 is 0. The zero-order valence-electron chi connectivity index (χ0n) is 4.70. The lowest BCUT2D eigenvalue weighted by atomic mass is 10.3. The molecule has 9 heavy (non-hydrogen) atoms. The Bertz CT molecular complexity index is 211. The van der Waals surface area contributed by atoms with Gasteiger partial charge in [-0.1, -0.05) is 0 Å². The lowest BCUT2D eigenvalue weighted by Gasteiger charge is -1.77. The fraction of sp³-hybridized carbons (Fsp3) is 0. The molecule has 2 N–H and O–H groups in total. The molecule has 0 saturated carbocycles. The number of nitrogens with two attached hydrogens (primary N) is 1. The fourth-order valence-corrected chi connectivity index (χ4v) is 0.257. The van der Waals surface area contributed by atoms with Gasteiger partial charge in [-0.3, -0.25) is 0 Å². The van der Waals surface area contributed by atoms with Crippen LogP contribution in [-0.4, -0.2) is 0 Å². The van der Waals surface area contributed by atoms with Crippen LogP contribution in [0.15, 0.2) is 23.9 Å². The van der Waals surface area contributed by atoms with Crippen LogP contribution in [0, 0.1) is 22.7 Å². The maximum atomic E-state index is 8.19. The monoisotopic (exact) mass is 119 g/mol. The van der Waals surface area contributed by atoms with Crippen LogP contribution in [0.2, 0.25) is 0 Å². The molecule has 0 aromatic rings. The van der Waals surface area contributed by atoms with Crippen molar-refractivity contribution in [1.82, 2.24) is 0 Å². The van der Waals surface area contributed by atoms with E-state index in [-0.39, 0.29) is 5.57 Å². The second kappa shape index (κ2) is 4.42. The first-order chi connectivity index (χ1) is 4.35.